The Labute approximate surface area is 183 Å². The van der Waals surface area contributed by atoms with Crippen LogP contribution in [0.5, 0.6) is 11.5 Å². The zero-order valence-electron chi connectivity index (χ0n) is 17.3. The van der Waals surface area contributed by atoms with Gasteiger partial charge in [-0.25, -0.2) is 4.98 Å². The van der Waals surface area contributed by atoms with Gasteiger partial charge in [0.1, 0.15) is 11.6 Å². The maximum absolute atomic E-state index is 12.2. The highest BCUT2D eigenvalue weighted by molar-refractivity contribution is 5.91. The van der Waals surface area contributed by atoms with Crippen LogP contribution in [0.25, 0.3) is 28.7 Å². The number of hydrogen-bond donors (Lipinski definition) is 2. The molecule has 8 heteroatoms. The van der Waals surface area contributed by atoms with E-state index in [1.54, 1.807) is 24.5 Å². The minimum atomic E-state index is -0.252. The van der Waals surface area contributed by atoms with Gasteiger partial charge in [0.05, 0.1) is 29.9 Å². The lowest BCUT2D eigenvalue weighted by atomic mass is 10.1. The zero-order valence-corrected chi connectivity index (χ0v) is 17.3. The summed E-state index contributed by atoms with van der Waals surface area (Å²) in [5.74, 6) is 2.34. The van der Waals surface area contributed by atoms with Crippen LogP contribution in [0, 0.1) is 6.92 Å². The number of rotatable bonds is 6. The second-order valence-corrected chi connectivity index (χ2v) is 7.21. The standard InChI is InChI=1S/C24H20N4O4/c1-15-4-2-6-18(26-15)24-23(16-7-9-19-20(12-16)32-14-31-19)27-21(28-24)13-25-22(29)10-8-17-5-3-11-30-17/h2-12H,13-14H2,1H3,(H,25,29)(H,27,28)/b10-8+. The molecule has 4 aromatic rings. The number of aromatic nitrogens is 3. The van der Waals surface area contributed by atoms with E-state index in [-0.39, 0.29) is 19.2 Å². The van der Waals surface area contributed by atoms with Gasteiger partial charge in [0, 0.05) is 17.3 Å². The number of H-pyrrole nitrogens is 1. The van der Waals surface area contributed by atoms with E-state index in [1.165, 1.54) is 6.08 Å². The fraction of sp³-hybridized carbons (Fsp3) is 0.125. The Hall–Kier alpha value is -4.33. The average Bonchev–Trinajstić information content (AvgIpc) is 3.56. The Balaban J connectivity index is 1.42. The van der Waals surface area contributed by atoms with Gasteiger partial charge < -0.3 is 24.2 Å². The molecule has 5 rings (SSSR count). The number of furan rings is 1. The topological polar surface area (TPSA) is 102 Å². The van der Waals surface area contributed by atoms with Crippen LogP contribution in [-0.2, 0) is 11.3 Å². The number of aromatic amines is 1. The molecule has 0 saturated heterocycles. The summed E-state index contributed by atoms with van der Waals surface area (Å²) in [6.45, 7) is 2.37. The van der Waals surface area contributed by atoms with Gasteiger partial charge in [-0.05, 0) is 55.5 Å². The second kappa shape index (κ2) is 8.43. The summed E-state index contributed by atoms with van der Waals surface area (Å²) in [4.78, 5) is 24.9. The highest BCUT2D eigenvalue weighted by Crippen LogP contribution is 2.38. The lowest BCUT2D eigenvalue weighted by molar-refractivity contribution is -0.116. The molecular formula is C24H20N4O4. The van der Waals surface area contributed by atoms with Crippen LogP contribution < -0.4 is 14.8 Å². The number of amides is 1. The van der Waals surface area contributed by atoms with Crippen LogP contribution in [0.3, 0.4) is 0 Å². The third-order valence-corrected chi connectivity index (χ3v) is 4.92. The lowest BCUT2D eigenvalue weighted by Gasteiger charge is -2.04. The third kappa shape index (κ3) is 4.11. The fourth-order valence-electron chi connectivity index (χ4n) is 3.40. The molecular weight excluding hydrogens is 408 g/mol. The van der Waals surface area contributed by atoms with E-state index in [2.05, 4.69) is 15.3 Å². The molecule has 3 aromatic heterocycles. The van der Waals surface area contributed by atoms with Gasteiger partial charge in [-0.2, -0.15) is 0 Å². The largest absolute Gasteiger partial charge is 0.465 e. The summed E-state index contributed by atoms with van der Waals surface area (Å²) < 4.78 is 16.1. The first-order chi connectivity index (χ1) is 15.7. The van der Waals surface area contributed by atoms with Crippen molar-refractivity contribution in [1.29, 1.82) is 0 Å². The van der Waals surface area contributed by atoms with Gasteiger partial charge in [0.2, 0.25) is 12.7 Å². The highest BCUT2D eigenvalue weighted by Gasteiger charge is 2.19. The molecule has 4 heterocycles. The number of imidazole rings is 1. The van der Waals surface area contributed by atoms with Gasteiger partial charge in [-0.15, -0.1) is 0 Å². The molecule has 0 fully saturated rings. The predicted octanol–water partition coefficient (Wildman–Crippen LogP) is 4.10. The Morgan fingerprint density at radius 1 is 1.12 bits per heavy atom. The maximum Gasteiger partial charge on any atom is 0.244 e. The van der Waals surface area contributed by atoms with E-state index in [4.69, 9.17) is 18.9 Å². The number of benzene rings is 1. The number of aryl methyl sites for hydroxylation is 1. The summed E-state index contributed by atoms with van der Waals surface area (Å²) in [5, 5.41) is 2.83. The van der Waals surface area contributed by atoms with E-state index in [9.17, 15) is 4.79 Å². The summed E-state index contributed by atoms with van der Waals surface area (Å²) in [7, 11) is 0. The number of ether oxygens (including phenoxy) is 2. The zero-order chi connectivity index (χ0) is 21.9. The van der Waals surface area contributed by atoms with Crippen LogP contribution in [-0.4, -0.2) is 27.7 Å². The lowest BCUT2D eigenvalue weighted by Crippen LogP contribution is -2.20. The van der Waals surface area contributed by atoms with Crippen LogP contribution >= 0.6 is 0 Å². The molecule has 32 heavy (non-hydrogen) atoms. The quantitative estimate of drug-likeness (QED) is 0.448. The summed E-state index contributed by atoms with van der Waals surface area (Å²) in [6.07, 6.45) is 4.58. The monoisotopic (exact) mass is 428 g/mol. The van der Waals surface area contributed by atoms with Crippen LogP contribution in [0.4, 0.5) is 0 Å². The first-order valence-corrected chi connectivity index (χ1v) is 10.1. The Kier molecular flexibility index (Phi) is 5.17. The summed E-state index contributed by atoms with van der Waals surface area (Å²) in [6, 6.07) is 15.0. The van der Waals surface area contributed by atoms with Crippen molar-refractivity contribution >= 4 is 12.0 Å². The molecule has 8 nitrogen and oxygen atoms in total. The van der Waals surface area contributed by atoms with Gasteiger partial charge in [-0.3, -0.25) is 9.78 Å². The first kappa shape index (κ1) is 19.6. The van der Waals surface area contributed by atoms with E-state index in [1.807, 2.05) is 43.3 Å². The first-order valence-electron chi connectivity index (χ1n) is 10.1. The Morgan fingerprint density at radius 3 is 2.88 bits per heavy atom. The molecule has 0 unspecified atom stereocenters. The molecule has 1 amide bonds. The van der Waals surface area contributed by atoms with Crippen LogP contribution in [0.2, 0.25) is 0 Å². The third-order valence-electron chi connectivity index (χ3n) is 4.92. The smallest absolute Gasteiger partial charge is 0.244 e. The average molecular weight is 428 g/mol. The normalized spacial score (nSPS) is 12.4. The Bertz CT molecular complexity index is 1290. The molecule has 0 saturated carbocycles. The number of carbonyl (C=O) groups is 1. The fourth-order valence-corrected chi connectivity index (χ4v) is 3.40. The van der Waals surface area contributed by atoms with Crippen molar-refractivity contribution in [2.45, 2.75) is 13.5 Å². The number of fused-ring (bicyclic) bond motifs is 1. The van der Waals surface area contributed by atoms with Crippen molar-refractivity contribution < 1.29 is 18.7 Å². The molecule has 0 bridgehead atoms. The van der Waals surface area contributed by atoms with E-state index in [0.717, 1.165) is 28.3 Å². The van der Waals surface area contributed by atoms with Crippen LogP contribution in [0.1, 0.15) is 17.3 Å². The van der Waals surface area contributed by atoms with E-state index >= 15 is 0 Å². The molecule has 0 spiro atoms. The SMILES string of the molecule is Cc1cccc(-c2[nH]c(CNC(=O)/C=C/c3ccco3)nc2-c2ccc3c(c2)OCO3)n1. The van der Waals surface area contributed by atoms with Crippen LogP contribution in [0.15, 0.2) is 65.3 Å². The summed E-state index contributed by atoms with van der Waals surface area (Å²) in [5.41, 5.74) is 4.01. The number of nitrogens with zero attached hydrogens (tertiary/aromatic N) is 2. The van der Waals surface area contributed by atoms with Gasteiger partial charge >= 0.3 is 0 Å². The maximum atomic E-state index is 12.2. The highest BCUT2D eigenvalue weighted by atomic mass is 16.7. The molecule has 0 atom stereocenters. The van der Waals surface area contributed by atoms with Crippen molar-refractivity contribution in [3.63, 3.8) is 0 Å². The number of pyridine rings is 1. The van der Waals surface area contributed by atoms with Gasteiger partial charge in [0.15, 0.2) is 11.5 Å². The molecule has 0 aliphatic carbocycles. The molecule has 0 radical (unpaired) electrons. The second-order valence-electron chi connectivity index (χ2n) is 7.21. The number of hydrogen-bond acceptors (Lipinski definition) is 6. The number of carbonyl (C=O) groups excluding carboxylic acids is 1. The summed E-state index contributed by atoms with van der Waals surface area (Å²) >= 11 is 0. The van der Waals surface area contributed by atoms with E-state index < -0.39 is 0 Å². The van der Waals surface area contributed by atoms with Crippen molar-refractivity contribution in [1.82, 2.24) is 20.3 Å². The van der Waals surface area contributed by atoms with E-state index in [0.29, 0.717) is 23.1 Å². The predicted molar refractivity (Wildman–Crippen MR) is 118 cm³/mol. The van der Waals surface area contributed by atoms with Gasteiger partial charge in [-0.1, -0.05) is 6.07 Å². The van der Waals surface area contributed by atoms with Crippen molar-refractivity contribution in [3.05, 3.63) is 78.1 Å². The minimum absolute atomic E-state index is 0.203. The molecule has 160 valence electrons. The van der Waals surface area contributed by atoms with Gasteiger partial charge in [0.25, 0.3) is 0 Å². The molecule has 1 aliphatic heterocycles. The number of nitrogens with one attached hydrogen (secondary N) is 2. The molecule has 2 N–H and O–H groups in total. The minimum Gasteiger partial charge on any atom is -0.465 e. The molecule has 1 aromatic carbocycles. The molecule has 1 aliphatic rings. The Morgan fingerprint density at radius 2 is 2.03 bits per heavy atom. The van der Waals surface area contributed by atoms with Crippen molar-refractivity contribution in [3.8, 4) is 34.1 Å². The van der Waals surface area contributed by atoms with Crippen molar-refractivity contribution in [2.24, 2.45) is 0 Å². The van der Waals surface area contributed by atoms with Crippen molar-refractivity contribution in [2.75, 3.05) is 6.79 Å².